The number of benzene rings is 3. The van der Waals surface area contributed by atoms with Crippen LogP contribution in [0, 0.1) is 5.41 Å². The Morgan fingerprint density at radius 3 is 2.42 bits per heavy atom. The molecule has 38 heavy (non-hydrogen) atoms. The van der Waals surface area contributed by atoms with E-state index in [1.165, 1.54) is 0 Å². The first-order valence-corrected chi connectivity index (χ1v) is 15.7. The van der Waals surface area contributed by atoms with Crippen molar-refractivity contribution in [2.45, 2.75) is 36.8 Å². The zero-order valence-corrected chi connectivity index (χ0v) is 24.6. The molecule has 1 saturated carbocycles. The molecule has 7 heteroatoms. The minimum atomic E-state index is -1.04. The number of fused-ring (bicyclic) bond motifs is 5. The Morgan fingerprint density at radius 2 is 1.66 bits per heavy atom. The van der Waals surface area contributed by atoms with Crippen LogP contribution in [0.5, 0.6) is 0 Å². The molecular formula is C31H26Br2N2O2S. The summed E-state index contributed by atoms with van der Waals surface area (Å²) in [4.78, 5) is 31.9. The third-order valence-electron chi connectivity index (χ3n) is 8.96. The number of carbonyl (C=O) groups excluding carboxylic acids is 2. The van der Waals surface area contributed by atoms with Crippen LogP contribution in [0.4, 0.5) is 5.69 Å². The first-order valence-electron chi connectivity index (χ1n) is 13.0. The van der Waals surface area contributed by atoms with Crippen molar-refractivity contribution in [1.29, 1.82) is 0 Å². The second-order valence-corrected chi connectivity index (χ2v) is 13.5. The maximum absolute atomic E-state index is 15.1. The molecule has 2 spiro atoms. The van der Waals surface area contributed by atoms with Gasteiger partial charge in [0.2, 0.25) is 0 Å². The van der Waals surface area contributed by atoms with Crippen molar-refractivity contribution in [3.8, 4) is 0 Å². The van der Waals surface area contributed by atoms with Crippen molar-refractivity contribution >= 4 is 67.1 Å². The summed E-state index contributed by atoms with van der Waals surface area (Å²) in [5, 5.41) is 3.21. The van der Waals surface area contributed by atoms with Gasteiger partial charge in [-0.1, -0.05) is 74.3 Å². The number of allylic oxidation sites excluding steroid dienone is 1. The third-order valence-corrected chi connectivity index (χ3v) is 11.1. The van der Waals surface area contributed by atoms with Crippen molar-refractivity contribution in [1.82, 2.24) is 4.90 Å². The van der Waals surface area contributed by atoms with Crippen molar-refractivity contribution < 1.29 is 9.59 Å². The van der Waals surface area contributed by atoms with Crippen molar-refractivity contribution in [2.75, 3.05) is 16.9 Å². The van der Waals surface area contributed by atoms with Crippen molar-refractivity contribution in [3.63, 3.8) is 0 Å². The number of ketones is 1. The minimum Gasteiger partial charge on any atom is -0.324 e. The monoisotopic (exact) mass is 648 g/mol. The minimum absolute atomic E-state index is 0.0518. The van der Waals surface area contributed by atoms with E-state index in [-0.39, 0.29) is 23.7 Å². The lowest BCUT2D eigenvalue weighted by Gasteiger charge is -2.49. The normalized spacial score (nSPS) is 31.3. The number of nitrogens with one attached hydrogen (secondary N) is 1. The number of carbonyl (C=O) groups is 2. The molecule has 0 aromatic heterocycles. The summed E-state index contributed by atoms with van der Waals surface area (Å²) in [6.07, 6.45) is 4.33. The van der Waals surface area contributed by atoms with Gasteiger partial charge in [-0.25, -0.2) is 0 Å². The highest BCUT2D eigenvalue weighted by Crippen LogP contribution is 2.70. The van der Waals surface area contributed by atoms with E-state index in [0.717, 1.165) is 61.4 Å². The lowest BCUT2D eigenvalue weighted by Crippen LogP contribution is -2.60. The first-order chi connectivity index (χ1) is 18.5. The van der Waals surface area contributed by atoms with Crippen molar-refractivity contribution in [2.24, 2.45) is 5.41 Å². The number of anilines is 1. The fourth-order valence-electron chi connectivity index (χ4n) is 7.65. The predicted molar refractivity (Wildman–Crippen MR) is 160 cm³/mol. The maximum atomic E-state index is 15.1. The summed E-state index contributed by atoms with van der Waals surface area (Å²) in [5.41, 5.74) is 2.82. The zero-order valence-electron chi connectivity index (χ0n) is 20.6. The molecule has 7 rings (SSSR count). The van der Waals surface area contributed by atoms with Crippen molar-refractivity contribution in [3.05, 3.63) is 104 Å². The Kier molecular flexibility index (Phi) is 6.00. The Labute approximate surface area is 243 Å². The van der Waals surface area contributed by atoms with Gasteiger partial charge >= 0.3 is 0 Å². The van der Waals surface area contributed by atoms with Gasteiger partial charge in [0.15, 0.2) is 5.78 Å². The zero-order chi connectivity index (χ0) is 26.1. The van der Waals surface area contributed by atoms with Crippen LogP contribution in [0.25, 0.3) is 6.08 Å². The number of hydrogen-bond donors (Lipinski definition) is 1. The largest absolute Gasteiger partial charge is 0.324 e. The first kappa shape index (κ1) is 24.8. The quantitative estimate of drug-likeness (QED) is 0.295. The number of halogens is 2. The van der Waals surface area contributed by atoms with Crippen LogP contribution in [0.3, 0.4) is 0 Å². The van der Waals surface area contributed by atoms with Gasteiger partial charge in [-0.05, 0) is 72.4 Å². The number of hydrogen-bond acceptors (Lipinski definition) is 4. The second-order valence-electron chi connectivity index (χ2n) is 10.7. The Hall–Kier alpha value is -2.19. The molecule has 1 aliphatic carbocycles. The van der Waals surface area contributed by atoms with E-state index in [1.54, 1.807) is 0 Å². The van der Waals surface area contributed by atoms with Gasteiger partial charge in [-0.15, -0.1) is 11.8 Å². The highest BCUT2D eigenvalue weighted by Gasteiger charge is 2.77. The third kappa shape index (κ3) is 3.31. The fourth-order valence-corrected chi connectivity index (χ4v) is 9.48. The van der Waals surface area contributed by atoms with Gasteiger partial charge in [0.1, 0.15) is 5.54 Å². The SMILES string of the molecule is O=C1/C(=C/c2ccc(Br)cc2)CCC[C@]12[C@@H](c1ccc(Br)cc1)[C@@H]1CSCN1[C@]21C(=O)Nc2ccccc21. The molecule has 4 aliphatic rings. The number of amides is 1. The molecule has 0 radical (unpaired) electrons. The summed E-state index contributed by atoms with van der Waals surface area (Å²) in [6, 6.07) is 24.6. The van der Waals surface area contributed by atoms with Gasteiger partial charge in [-0.3, -0.25) is 14.5 Å². The van der Waals surface area contributed by atoms with Crippen LogP contribution in [-0.2, 0) is 15.1 Å². The van der Waals surface area contributed by atoms with Crippen LogP contribution in [0.15, 0.2) is 87.3 Å². The number of nitrogens with zero attached hydrogens (tertiary/aromatic N) is 1. The van der Waals surface area contributed by atoms with Gasteiger partial charge < -0.3 is 5.32 Å². The number of rotatable bonds is 2. The molecule has 192 valence electrons. The Bertz CT molecular complexity index is 1490. The van der Waals surface area contributed by atoms with E-state index in [9.17, 15) is 4.79 Å². The lowest BCUT2D eigenvalue weighted by atomic mass is 9.53. The van der Waals surface area contributed by atoms with Gasteiger partial charge in [0.25, 0.3) is 5.91 Å². The van der Waals surface area contributed by atoms with Gasteiger partial charge in [0.05, 0.1) is 5.41 Å². The molecule has 0 unspecified atom stereocenters. The van der Waals surface area contributed by atoms with Crippen LogP contribution in [0.1, 0.15) is 41.9 Å². The number of Topliss-reactive ketones (excluding diaryl/α,β-unsaturated/α-hetero) is 1. The van der Waals surface area contributed by atoms with E-state index < -0.39 is 11.0 Å². The molecule has 4 atom stereocenters. The summed E-state index contributed by atoms with van der Waals surface area (Å²) in [6.45, 7) is 0. The van der Waals surface area contributed by atoms with Gasteiger partial charge in [0, 0.05) is 43.8 Å². The topological polar surface area (TPSA) is 49.4 Å². The number of thioether (sulfide) groups is 1. The predicted octanol–water partition coefficient (Wildman–Crippen LogP) is 7.35. The van der Waals surface area contributed by atoms with Crippen LogP contribution >= 0.6 is 43.6 Å². The summed E-state index contributed by atoms with van der Waals surface area (Å²) in [5.74, 6) is 1.62. The van der Waals surface area contributed by atoms with Gasteiger partial charge in [-0.2, -0.15) is 0 Å². The molecule has 1 amide bonds. The van der Waals surface area contributed by atoms with E-state index >= 15 is 4.79 Å². The average molecular weight is 650 g/mol. The molecule has 2 saturated heterocycles. The summed E-state index contributed by atoms with van der Waals surface area (Å²) in [7, 11) is 0. The van der Waals surface area contributed by atoms with Crippen LogP contribution in [-0.4, -0.2) is 34.3 Å². The van der Waals surface area contributed by atoms with E-state index in [1.807, 2.05) is 54.2 Å². The molecule has 3 aromatic carbocycles. The smallest absolute Gasteiger partial charge is 0.250 e. The molecule has 4 nitrogen and oxygen atoms in total. The summed E-state index contributed by atoms with van der Waals surface area (Å²) < 4.78 is 2.02. The second kappa shape index (κ2) is 9.19. The number of para-hydroxylation sites is 1. The van der Waals surface area contributed by atoms with E-state index in [4.69, 9.17) is 0 Å². The van der Waals surface area contributed by atoms with Crippen LogP contribution in [0.2, 0.25) is 0 Å². The highest BCUT2D eigenvalue weighted by molar-refractivity contribution is 9.10. The molecule has 1 N–H and O–H groups in total. The highest BCUT2D eigenvalue weighted by atomic mass is 79.9. The fraction of sp³-hybridized carbons (Fsp3) is 0.290. The molecule has 3 aliphatic heterocycles. The molecule has 3 heterocycles. The van der Waals surface area contributed by atoms with Crippen LogP contribution < -0.4 is 5.32 Å². The molecular weight excluding hydrogens is 624 g/mol. The maximum Gasteiger partial charge on any atom is 0.250 e. The van der Waals surface area contributed by atoms with E-state index in [0.29, 0.717) is 6.42 Å². The lowest BCUT2D eigenvalue weighted by molar-refractivity contribution is -0.145. The molecule has 3 aromatic rings. The molecule has 3 fully saturated rings. The molecule has 0 bridgehead atoms. The summed E-state index contributed by atoms with van der Waals surface area (Å²) >= 11 is 8.98. The standard InChI is InChI=1S/C31H26Br2N2O2S/c32-22-11-7-19(8-12-22)16-21-4-3-15-30(28(21)36)27(20-9-13-23(33)14-10-20)26-17-38-18-35(26)31(30)24-5-1-2-6-25(24)34-29(31)37/h1-2,5-14,16,26-27H,3-4,15,17-18H2,(H,34,37)/b21-16+/t26-,27-,30-,31+/m0/s1. The Balaban J connectivity index is 1.50. The van der Waals surface area contributed by atoms with E-state index in [2.05, 4.69) is 78.5 Å². The average Bonchev–Trinajstić information content (AvgIpc) is 3.57. The Morgan fingerprint density at radius 1 is 0.947 bits per heavy atom.